The molecule has 1 aromatic heterocycles. The van der Waals surface area contributed by atoms with Crippen LogP contribution in [0.15, 0.2) is 58.0 Å². The first-order chi connectivity index (χ1) is 12.1. The van der Waals surface area contributed by atoms with Crippen LogP contribution in [0.3, 0.4) is 0 Å². The summed E-state index contributed by atoms with van der Waals surface area (Å²) in [6.45, 7) is 3.84. The summed E-state index contributed by atoms with van der Waals surface area (Å²) in [5, 5.41) is 4.18. The van der Waals surface area contributed by atoms with Gasteiger partial charge in [-0.25, -0.2) is 9.79 Å². The number of carbonyl (C=O) groups is 1. The number of benzene rings is 2. The number of aromatic nitrogens is 1. The van der Waals surface area contributed by atoms with Crippen molar-refractivity contribution >= 4 is 17.4 Å². The van der Waals surface area contributed by atoms with E-state index < -0.39 is 0 Å². The molecule has 0 N–H and O–H groups in total. The molecule has 5 nitrogen and oxygen atoms in total. The van der Waals surface area contributed by atoms with Crippen LogP contribution in [0.2, 0.25) is 0 Å². The fourth-order valence-electron chi connectivity index (χ4n) is 2.93. The standard InChI is InChI=1S/C20H16N2O3/c1-12-8-9-16-15(10-12)20(23)24-11-17(21-16)18-13(2)25-22-19(18)14-6-4-3-5-7-14/h3-10H,11H2,1-2H3. The Morgan fingerprint density at radius 1 is 1.04 bits per heavy atom. The van der Waals surface area contributed by atoms with Gasteiger partial charge in [0, 0.05) is 5.56 Å². The lowest BCUT2D eigenvalue weighted by atomic mass is 10.0. The molecule has 1 aliphatic heterocycles. The predicted octanol–water partition coefficient (Wildman–Crippen LogP) is 4.25. The van der Waals surface area contributed by atoms with Crippen molar-refractivity contribution in [1.82, 2.24) is 5.16 Å². The molecular weight excluding hydrogens is 316 g/mol. The van der Waals surface area contributed by atoms with Crippen LogP contribution in [0.4, 0.5) is 5.69 Å². The van der Waals surface area contributed by atoms with Gasteiger partial charge in [0.15, 0.2) is 0 Å². The Bertz CT molecular complexity index is 987. The molecule has 2 heterocycles. The molecule has 0 bridgehead atoms. The Kier molecular flexibility index (Phi) is 3.69. The van der Waals surface area contributed by atoms with E-state index in [1.54, 1.807) is 6.07 Å². The van der Waals surface area contributed by atoms with Crippen LogP contribution in [0.25, 0.3) is 11.3 Å². The minimum absolute atomic E-state index is 0.0778. The van der Waals surface area contributed by atoms with Gasteiger partial charge in [-0.1, -0.05) is 47.1 Å². The molecule has 1 aliphatic rings. The van der Waals surface area contributed by atoms with Gasteiger partial charge in [-0.15, -0.1) is 0 Å². The molecule has 0 saturated heterocycles. The van der Waals surface area contributed by atoms with Gasteiger partial charge in [-0.2, -0.15) is 0 Å². The van der Waals surface area contributed by atoms with Crippen molar-refractivity contribution in [3.05, 3.63) is 71.0 Å². The Morgan fingerprint density at radius 2 is 1.84 bits per heavy atom. The molecule has 0 amide bonds. The van der Waals surface area contributed by atoms with Crippen molar-refractivity contribution < 1.29 is 14.1 Å². The van der Waals surface area contributed by atoms with Crippen LogP contribution in [0, 0.1) is 13.8 Å². The third kappa shape index (κ3) is 2.74. The molecular formula is C20H16N2O3. The van der Waals surface area contributed by atoms with Crippen molar-refractivity contribution in [2.24, 2.45) is 4.99 Å². The predicted molar refractivity (Wildman–Crippen MR) is 94.3 cm³/mol. The molecule has 0 spiro atoms. The topological polar surface area (TPSA) is 64.7 Å². The number of hydrogen-bond donors (Lipinski definition) is 0. The van der Waals surface area contributed by atoms with Crippen LogP contribution in [0.1, 0.15) is 27.2 Å². The average molecular weight is 332 g/mol. The first-order valence-corrected chi connectivity index (χ1v) is 8.01. The summed E-state index contributed by atoms with van der Waals surface area (Å²) in [6.07, 6.45) is 0. The van der Waals surface area contributed by atoms with Gasteiger partial charge in [-0.05, 0) is 26.0 Å². The molecule has 124 valence electrons. The van der Waals surface area contributed by atoms with Gasteiger partial charge in [0.25, 0.3) is 0 Å². The molecule has 0 aliphatic carbocycles. The summed E-state index contributed by atoms with van der Waals surface area (Å²) in [6, 6.07) is 15.3. The fraction of sp³-hybridized carbons (Fsp3) is 0.150. The number of aryl methyl sites for hydroxylation is 2. The summed E-state index contributed by atoms with van der Waals surface area (Å²) in [7, 11) is 0. The quantitative estimate of drug-likeness (QED) is 0.658. The minimum Gasteiger partial charge on any atom is -0.455 e. The summed E-state index contributed by atoms with van der Waals surface area (Å²) < 4.78 is 10.8. The molecule has 0 atom stereocenters. The highest BCUT2D eigenvalue weighted by molar-refractivity contribution is 6.11. The molecule has 0 radical (unpaired) electrons. The second kappa shape index (κ2) is 6.02. The summed E-state index contributed by atoms with van der Waals surface area (Å²) >= 11 is 0. The van der Waals surface area contributed by atoms with E-state index >= 15 is 0 Å². The highest BCUT2D eigenvalue weighted by Crippen LogP contribution is 2.30. The Labute approximate surface area is 145 Å². The van der Waals surface area contributed by atoms with Gasteiger partial charge >= 0.3 is 5.97 Å². The second-order valence-corrected chi connectivity index (χ2v) is 5.98. The number of cyclic esters (lactones) is 1. The molecule has 3 aromatic rings. The Balaban J connectivity index is 1.87. The van der Waals surface area contributed by atoms with Gasteiger partial charge in [-0.3, -0.25) is 0 Å². The van der Waals surface area contributed by atoms with Crippen molar-refractivity contribution in [1.29, 1.82) is 0 Å². The lowest BCUT2D eigenvalue weighted by molar-refractivity contribution is 0.0568. The van der Waals surface area contributed by atoms with E-state index in [0.29, 0.717) is 28.4 Å². The number of fused-ring (bicyclic) bond motifs is 1. The number of esters is 1. The minimum atomic E-state index is -0.368. The first-order valence-electron chi connectivity index (χ1n) is 8.01. The Hall–Kier alpha value is -3.21. The van der Waals surface area contributed by atoms with E-state index in [0.717, 1.165) is 16.7 Å². The number of ether oxygens (including phenoxy) is 1. The molecule has 0 saturated carbocycles. The van der Waals surface area contributed by atoms with Crippen molar-refractivity contribution in [2.75, 3.05) is 6.61 Å². The number of hydrogen-bond acceptors (Lipinski definition) is 5. The van der Waals surface area contributed by atoms with Gasteiger partial charge < -0.3 is 9.26 Å². The van der Waals surface area contributed by atoms with Crippen molar-refractivity contribution in [3.8, 4) is 11.3 Å². The zero-order valence-corrected chi connectivity index (χ0v) is 13.9. The average Bonchev–Trinajstić information content (AvgIpc) is 2.93. The lowest BCUT2D eigenvalue weighted by Crippen LogP contribution is -2.13. The van der Waals surface area contributed by atoms with E-state index in [2.05, 4.69) is 5.16 Å². The second-order valence-electron chi connectivity index (χ2n) is 5.98. The van der Waals surface area contributed by atoms with Crippen LogP contribution < -0.4 is 0 Å². The molecule has 25 heavy (non-hydrogen) atoms. The molecule has 4 rings (SSSR count). The zero-order valence-electron chi connectivity index (χ0n) is 13.9. The maximum absolute atomic E-state index is 12.3. The number of carbonyl (C=O) groups excluding carboxylic acids is 1. The Morgan fingerprint density at radius 3 is 2.64 bits per heavy atom. The normalized spacial score (nSPS) is 13.7. The summed E-state index contributed by atoms with van der Waals surface area (Å²) in [4.78, 5) is 17.0. The van der Waals surface area contributed by atoms with Crippen molar-refractivity contribution in [3.63, 3.8) is 0 Å². The van der Waals surface area contributed by atoms with E-state index in [-0.39, 0.29) is 12.6 Å². The smallest absolute Gasteiger partial charge is 0.340 e. The van der Waals surface area contributed by atoms with Gasteiger partial charge in [0.2, 0.25) is 0 Å². The maximum atomic E-state index is 12.3. The molecule has 5 heteroatoms. The molecule has 0 unspecified atom stereocenters. The van der Waals surface area contributed by atoms with Gasteiger partial charge in [0.05, 0.1) is 22.5 Å². The highest BCUT2D eigenvalue weighted by atomic mass is 16.5. The highest BCUT2D eigenvalue weighted by Gasteiger charge is 2.25. The van der Waals surface area contributed by atoms with Crippen LogP contribution >= 0.6 is 0 Å². The number of rotatable bonds is 2. The monoisotopic (exact) mass is 332 g/mol. The van der Waals surface area contributed by atoms with Crippen LogP contribution in [-0.4, -0.2) is 23.4 Å². The van der Waals surface area contributed by atoms with Crippen LogP contribution in [-0.2, 0) is 4.74 Å². The third-order valence-electron chi connectivity index (χ3n) is 4.17. The molecule has 0 fully saturated rings. The largest absolute Gasteiger partial charge is 0.455 e. The van der Waals surface area contributed by atoms with E-state index in [1.165, 1.54) is 0 Å². The van der Waals surface area contributed by atoms with E-state index in [4.69, 9.17) is 14.3 Å². The number of aliphatic imine (C=N–C) groups is 1. The van der Waals surface area contributed by atoms with Gasteiger partial charge in [0.1, 0.15) is 18.1 Å². The maximum Gasteiger partial charge on any atom is 0.340 e. The SMILES string of the molecule is Cc1ccc2c(c1)C(=O)OCC(c1c(-c3ccccc3)noc1C)=N2. The fourth-order valence-corrected chi connectivity index (χ4v) is 2.93. The first kappa shape index (κ1) is 15.3. The zero-order chi connectivity index (χ0) is 17.4. The van der Waals surface area contributed by atoms with E-state index in [1.807, 2.05) is 56.3 Å². The van der Waals surface area contributed by atoms with E-state index in [9.17, 15) is 4.79 Å². The van der Waals surface area contributed by atoms with Crippen LogP contribution in [0.5, 0.6) is 0 Å². The number of nitrogens with zero attached hydrogens (tertiary/aromatic N) is 2. The summed E-state index contributed by atoms with van der Waals surface area (Å²) in [5.74, 6) is 0.275. The van der Waals surface area contributed by atoms with Crippen molar-refractivity contribution in [2.45, 2.75) is 13.8 Å². The summed E-state index contributed by atoms with van der Waals surface area (Å²) in [5.41, 5.74) is 5.09. The lowest BCUT2D eigenvalue weighted by Gasteiger charge is -2.05. The third-order valence-corrected chi connectivity index (χ3v) is 4.17. The molecule has 2 aromatic carbocycles.